The van der Waals surface area contributed by atoms with Gasteiger partial charge >= 0.3 is 5.97 Å². The highest BCUT2D eigenvalue weighted by Gasteiger charge is 1.93. The van der Waals surface area contributed by atoms with Crippen molar-refractivity contribution in [1.82, 2.24) is 4.98 Å². The molecule has 0 radical (unpaired) electrons. The molecule has 0 N–H and O–H groups in total. The van der Waals surface area contributed by atoms with Crippen LogP contribution < -0.4 is 4.74 Å². The molecule has 0 aliphatic rings. The van der Waals surface area contributed by atoms with E-state index in [-0.39, 0.29) is 23.0 Å². The summed E-state index contributed by atoms with van der Waals surface area (Å²) in [6.45, 7) is 3.65. The zero-order valence-electron chi connectivity index (χ0n) is 11.3. The Kier molecular flexibility index (Phi) is 8.53. The van der Waals surface area contributed by atoms with Gasteiger partial charge in [0, 0.05) is 24.7 Å². The molecule has 1 heterocycles. The molecule has 0 fully saturated rings. The largest absolute Gasteiger partial charge is 0.497 e. The van der Waals surface area contributed by atoms with E-state index in [1.165, 1.54) is 6.92 Å². The molecule has 19 heavy (non-hydrogen) atoms. The number of halogens is 1. The number of benzene rings is 1. The summed E-state index contributed by atoms with van der Waals surface area (Å²) in [6.07, 6.45) is 3.62. The maximum absolute atomic E-state index is 9.82. The Hall–Kier alpha value is -1.62. The van der Waals surface area contributed by atoms with Gasteiger partial charge in [-0.15, -0.1) is 17.0 Å². The Bertz CT molecular complexity index is 517. The molecule has 0 amide bonds. The molecule has 0 spiro atoms. The monoisotopic (exact) mass is 327 g/mol. The lowest BCUT2D eigenvalue weighted by molar-refractivity contribution is -0.140. The fraction of sp³-hybridized carbons (Fsp3) is 0.286. The first-order chi connectivity index (χ1) is 8.67. The molecular formula is C14H18BrNO3. The van der Waals surface area contributed by atoms with E-state index >= 15 is 0 Å². The Labute approximate surface area is 123 Å². The number of pyridine rings is 1. The van der Waals surface area contributed by atoms with Gasteiger partial charge in [0.15, 0.2) is 0 Å². The third-order valence-corrected chi connectivity index (χ3v) is 2.20. The summed E-state index contributed by atoms with van der Waals surface area (Å²) in [4.78, 5) is 13.8. The van der Waals surface area contributed by atoms with Crippen LogP contribution >= 0.6 is 17.0 Å². The zero-order valence-corrected chi connectivity index (χ0v) is 13.0. The molecule has 0 bridgehead atoms. The van der Waals surface area contributed by atoms with E-state index in [9.17, 15) is 4.79 Å². The summed E-state index contributed by atoms with van der Waals surface area (Å²) in [5.41, 5.74) is 0. The molecular weight excluding hydrogens is 310 g/mol. The van der Waals surface area contributed by atoms with Crippen molar-refractivity contribution in [3.63, 3.8) is 0 Å². The van der Waals surface area contributed by atoms with Crippen LogP contribution in [-0.4, -0.2) is 24.7 Å². The van der Waals surface area contributed by atoms with Crippen molar-refractivity contribution >= 4 is 33.7 Å². The molecule has 4 nitrogen and oxygen atoms in total. The first-order valence-electron chi connectivity index (χ1n) is 5.68. The van der Waals surface area contributed by atoms with E-state index in [4.69, 9.17) is 4.74 Å². The van der Waals surface area contributed by atoms with Crippen LogP contribution in [0.1, 0.15) is 13.8 Å². The van der Waals surface area contributed by atoms with Crippen LogP contribution in [0.15, 0.2) is 36.7 Å². The van der Waals surface area contributed by atoms with Crippen LogP contribution in [0, 0.1) is 0 Å². The predicted molar refractivity (Wildman–Crippen MR) is 80.9 cm³/mol. The summed E-state index contributed by atoms with van der Waals surface area (Å²) >= 11 is 0. The molecule has 0 saturated heterocycles. The Morgan fingerprint density at radius 2 is 2.00 bits per heavy atom. The predicted octanol–water partition coefficient (Wildman–Crippen LogP) is 3.39. The fourth-order valence-electron chi connectivity index (χ4n) is 1.39. The van der Waals surface area contributed by atoms with Crippen LogP contribution in [-0.2, 0) is 9.53 Å². The molecule has 5 heteroatoms. The van der Waals surface area contributed by atoms with Crippen molar-refractivity contribution in [2.45, 2.75) is 13.8 Å². The highest BCUT2D eigenvalue weighted by atomic mass is 79.9. The minimum Gasteiger partial charge on any atom is -0.497 e. The summed E-state index contributed by atoms with van der Waals surface area (Å²) in [5.74, 6) is 0.672. The zero-order chi connectivity index (χ0) is 13.4. The Morgan fingerprint density at radius 3 is 2.53 bits per heavy atom. The molecule has 1 aromatic carbocycles. The number of carbonyl (C=O) groups excluding carboxylic acids is 1. The normalized spacial score (nSPS) is 8.79. The number of aromatic nitrogens is 1. The van der Waals surface area contributed by atoms with Crippen LogP contribution in [0.3, 0.4) is 0 Å². The van der Waals surface area contributed by atoms with Gasteiger partial charge in [-0.2, -0.15) is 0 Å². The molecule has 2 aromatic rings. The first-order valence-corrected chi connectivity index (χ1v) is 5.68. The number of hydrogen-bond donors (Lipinski definition) is 0. The lowest BCUT2D eigenvalue weighted by atomic mass is 10.2. The third-order valence-electron chi connectivity index (χ3n) is 2.20. The van der Waals surface area contributed by atoms with Gasteiger partial charge in [-0.1, -0.05) is 0 Å². The molecule has 0 saturated carbocycles. The summed E-state index contributed by atoms with van der Waals surface area (Å²) in [6, 6.07) is 7.90. The second kappa shape index (κ2) is 9.33. The lowest BCUT2D eigenvalue weighted by Gasteiger charge is -2.00. The number of esters is 1. The van der Waals surface area contributed by atoms with Crippen molar-refractivity contribution < 1.29 is 14.3 Å². The van der Waals surface area contributed by atoms with Gasteiger partial charge < -0.3 is 9.47 Å². The van der Waals surface area contributed by atoms with Crippen molar-refractivity contribution in [3.8, 4) is 5.75 Å². The number of fused-ring (bicyclic) bond motifs is 1. The highest BCUT2D eigenvalue weighted by molar-refractivity contribution is 8.93. The quantitative estimate of drug-likeness (QED) is 0.793. The Morgan fingerprint density at radius 1 is 1.26 bits per heavy atom. The van der Waals surface area contributed by atoms with Gasteiger partial charge in [0.1, 0.15) is 5.75 Å². The number of hydrogen-bond acceptors (Lipinski definition) is 4. The van der Waals surface area contributed by atoms with Gasteiger partial charge in [0.25, 0.3) is 0 Å². The maximum Gasteiger partial charge on any atom is 0.302 e. The topological polar surface area (TPSA) is 48.4 Å². The Balaban J connectivity index is 0.000000404. The molecule has 0 aliphatic carbocycles. The van der Waals surface area contributed by atoms with Crippen LogP contribution in [0.2, 0.25) is 0 Å². The number of methoxy groups -OCH3 is 1. The van der Waals surface area contributed by atoms with E-state index in [1.54, 1.807) is 20.2 Å². The number of nitrogens with zero attached hydrogens (tertiary/aromatic N) is 1. The first kappa shape index (κ1) is 17.4. The number of carbonyl (C=O) groups is 1. The summed E-state index contributed by atoms with van der Waals surface area (Å²) in [7, 11) is 1.67. The van der Waals surface area contributed by atoms with E-state index in [0.717, 1.165) is 16.5 Å². The SMILES string of the molecule is Br.CCOC(C)=O.COc1ccc2cnccc2c1. The number of ether oxygens (including phenoxy) is 2. The summed E-state index contributed by atoms with van der Waals surface area (Å²) in [5, 5.41) is 2.29. The second-order valence-electron chi connectivity index (χ2n) is 3.51. The molecule has 1 aromatic heterocycles. The van der Waals surface area contributed by atoms with Gasteiger partial charge in [0.05, 0.1) is 13.7 Å². The van der Waals surface area contributed by atoms with Gasteiger partial charge in [-0.05, 0) is 36.6 Å². The minimum absolute atomic E-state index is 0. The molecule has 0 atom stereocenters. The lowest BCUT2D eigenvalue weighted by Crippen LogP contribution is -1.95. The van der Waals surface area contributed by atoms with E-state index in [2.05, 4.69) is 9.72 Å². The standard InChI is InChI=1S/C10H9NO.C4H8O2.BrH/c1-12-10-3-2-9-7-11-5-4-8(9)6-10;1-3-6-4(2)5;/h2-7H,1H3;3H2,1-2H3;1H. The van der Waals surface area contributed by atoms with Crippen LogP contribution in [0.25, 0.3) is 10.8 Å². The van der Waals surface area contributed by atoms with Crippen molar-refractivity contribution in [2.24, 2.45) is 0 Å². The average molecular weight is 328 g/mol. The van der Waals surface area contributed by atoms with Crippen molar-refractivity contribution in [2.75, 3.05) is 13.7 Å². The smallest absolute Gasteiger partial charge is 0.302 e. The molecule has 0 unspecified atom stereocenters. The van der Waals surface area contributed by atoms with Gasteiger partial charge in [-0.25, -0.2) is 0 Å². The van der Waals surface area contributed by atoms with Crippen molar-refractivity contribution in [3.05, 3.63) is 36.7 Å². The van der Waals surface area contributed by atoms with E-state index in [0.29, 0.717) is 6.61 Å². The highest BCUT2D eigenvalue weighted by Crippen LogP contribution is 2.18. The van der Waals surface area contributed by atoms with E-state index < -0.39 is 0 Å². The third kappa shape index (κ3) is 6.20. The van der Waals surface area contributed by atoms with Crippen LogP contribution in [0.4, 0.5) is 0 Å². The summed E-state index contributed by atoms with van der Waals surface area (Å²) < 4.78 is 9.50. The molecule has 2 rings (SSSR count). The number of rotatable bonds is 2. The van der Waals surface area contributed by atoms with Gasteiger partial charge in [-0.3, -0.25) is 9.78 Å². The fourth-order valence-corrected chi connectivity index (χ4v) is 1.39. The minimum atomic E-state index is -0.211. The average Bonchev–Trinajstić information content (AvgIpc) is 2.38. The molecule has 0 aliphatic heterocycles. The van der Waals surface area contributed by atoms with Crippen molar-refractivity contribution in [1.29, 1.82) is 0 Å². The van der Waals surface area contributed by atoms with Crippen LogP contribution in [0.5, 0.6) is 5.75 Å². The van der Waals surface area contributed by atoms with E-state index in [1.807, 2.05) is 30.5 Å². The molecule has 104 valence electrons. The van der Waals surface area contributed by atoms with Gasteiger partial charge in [0.2, 0.25) is 0 Å². The maximum atomic E-state index is 9.82. The second-order valence-corrected chi connectivity index (χ2v) is 3.51.